The van der Waals surface area contributed by atoms with Crippen molar-refractivity contribution < 1.29 is 4.79 Å². The van der Waals surface area contributed by atoms with E-state index in [1.165, 1.54) is 0 Å². The second-order valence-electron chi connectivity index (χ2n) is 5.27. The quantitative estimate of drug-likeness (QED) is 0.257. The highest BCUT2D eigenvalue weighted by Gasteiger charge is 2.13. The van der Waals surface area contributed by atoms with E-state index in [1.807, 2.05) is 39.5 Å². The third-order valence-electron chi connectivity index (χ3n) is 2.06. The van der Waals surface area contributed by atoms with Crippen LogP contribution < -0.4 is 16.0 Å². The number of nitrogens with zero attached hydrogens (tertiary/aromatic N) is 1. The average molecular weight is 416 g/mol. The highest BCUT2D eigenvalue weighted by Crippen LogP contribution is 1.97. The molecule has 0 aromatic carbocycles. The smallest absolute Gasteiger partial charge is 0.242 e. The third kappa shape index (κ3) is 14.2. The van der Waals surface area contributed by atoms with Crippen molar-refractivity contribution in [1.82, 2.24) is 16.0 Å². The van der Waals surface area contributed by atoms with E-state index < -0.39 is 0 Å². The summed E-state index contributed by atoms with van der Waals surface area (Å²) in [4.78, 5) is 15.9. The van der Waals surface area contributed by atoms with Crippen LogP contribution in [-0.4, -0.2) is 49.0 Å². The predicted molar refractivity (Wildman–Crippen MR) is 100 cm³/mol. The Morgan fingerprint density at radius 1 is 1.25 bits per heavy atom. The molecule has 20 heavy (non-hydrogen) atoms. The molecular weight excluding hydrogens is 387 g/mol. The van der Waals surface area contributed by atoms with Crippen LogP contribution in [0.3, 0.4) is 0 Å². The van der Waals surface area contributed by atoms with Gasteiger partial charge in [-0.05, 0) is 46.1 Å². The first-order chi connectivity index (χ1) is 8.89. The summed E-state index contributed by atoms with van der Waals surface area (Å²) in [7, 11) is 0. The molecular formula is C13H29IN4OS. The van der Waals surface area contributed by atoms with Crippen LogP contribution in [0, 0.1) is 0 Å². The van der Waals surface area contributed by atoms with Crippen LogP contribution in [0.25, 0.3) is 0 Å². The molecule has 0 rings (SSSR count). The van der Waals surface area contributed by atoms with E-state index in [4.69, 9.17) is 0 Å². The van der Waals surface area contributed by atoms with Crippen molar-refractivity contribution in [2.45, 2.75) is 39.7 Å². The summed E-state index contributed by atoms with van der Waals surface area (Å²) in [6.07, 6.45) is 3.18. The van der Waals surface area contributed by atoms with Crippen LogP contribution in [-0.2, 0) is 4.79 Å². The van der Waals surface area contributed by atoms with Gasteiger partial charge in [0.1, 0.15) is 6.54 Å². The number of amides is 1. The second-order valence-corrected chi connectivity index (χ2v) is 6.25. The molecule has 0 aliphatic carbocycles. The molecule has 0 radical (unpaired) electrons. The molecule has 0 atom stereocenters. The van der Waals surface area contributed by atoms with Gasteiger partial charge in [0, 0.05) is 18.6 Å². The van der Waals surface area contributed by atoms with Gasteiger partial charge in [-0.15, -0.1) is 24.0 Å². The summed E-state index contributed by atoms with van der Waals surface area (Å²) < 4.78 is 0. The lowest BCUT2D eigenvalue weighted by atomic mass is 10.1. The number of halogens is 1. The van der Waals surface area contributed by atoms with Gasteiger partial charge in [0.15, 0.2) is 5.96 Å². The zero-order valence-corrected chi connectivity index (χ0v) is 16.4. The fourth-order valence-electron chi connectivity index (χ4n) is 1.37. The number of hydrogen-bond acceptors (Lipinski definition) is 3. The minimum absolute atomic E-state index is 0. The van der Waals surface area contributed by atoms with Crippen LogP contribution in [0.4, 0.5) is 0 Å². The van der Waals surface area contributed by atoms with Gasteiger partial charge >= 0.3 is 0 Å². The number of aliphatic imine (C=N–C) groups is 1. The Labute approximate surface area is 144 Å². The standard InChI is InChI=1S/C13H28N4OS.HI/c1-6-14-12(15-8-7-9-19-5)16-10-11(18)17-13(2,3)4;/h6-10H2,1-5H3,(H,17,18)(H2,14,15,16);1H. The summed E-state index contributed by atoms with van der Waals surface area (Å²) in [5.41, 5.74) is -0.212. The van der Waals surface area contributed by atoms with E-state index in [1.54, 1.807) is 0 Å². The Morgan fingerprint density at radius 3 is 2.40 bits per heavy atom. The van der Waals surface area contributed by atoms with Crippen LogP contribution in [0.15, 0.2) is 4.99 Å². The molecule has 0 fully saturated rings. The van der Waals surface area contributed by atoms with E-state index in [-0.39, 0.29) is 42.0 Å². The molecule has 1 amide bonds. The molecule has 0 unspecified atom stereocenters. The molecule has 7 heteroatoms. The van der Waals surface area contributed by atoms with E-state index in [0.29, 0.717) is 5.96 Å². The van der Waals surface area contributed by atoms with Crippen molar-refractivity contribution in [3.8, 4) is 0 Å². The van der Waals surface area contributed by atoms with Crippen LogP contribution >= 0.6 is 35.7 Å². The lowest BCUT2D eigenvalue weighted by Crippen LogP contribution is -2.43. The number of nitrogens with one attached hydrogen (secondary N) is 3. The first kappa shape index (κ1) is 22.1. The molecule has 0 saturated carbocycles. The number of carbonyl (C=O) groups excluding carboxylic acids is 1. The molecule has 0 heterocycles. The highest BCUT2D eigenvalue weighted by molar-refractivity contribution is 14.0. The number of guanidine groups is 1. The van der Waals surface area contributed by atoms with Crippen LogP contribution in [0.2, 0.25) is 0 Å². The topological polar surface area (TPSA) is 65.5 Å². The Morgan fingerprint density at radius 2 is 1.90 bits per heavy atom. The molecule has 120 valence electrons. The summed E-state index contributed by atoms with van der Waals surface area (Å²) in [6.45, 7) is 9.69. The summed E-state index contributed by atoms with van der Waals surface area (Å²) in [5.74, 6) is 1.76. The maximum Gasteiger partial charge on any atom is 0.242 e. The maximum atomic E-state index is 11.7. The van der Waals surface area contributed by atoms with E-state index in [0.717, 1.165) is 25.3 Å². The van der Waals surface area contributed by atoms with Gasteiger partial charge in [0.25, 0.3) is 0 Å². The van der Waals surface area contributed by atoms with Crippen molar-refractivity contribution in [3.05, 3.63) is 0 Å². The lowest BCUT2D eigenvalue weighted by Gasteiger charge is -2.20. The minimum Gasteiger partial charge on any atom is -0.357 e. The van der Waals surface area contributed by atoms with Gasteiger partial charge in [0.2, 0.25) is 5.91 Å². The Bertz CT molecular complexity index is 293. The number of hydrogen-bond donors (Lipinski definition) is 3. The van der Waals surface area contributed by atoms with Gasteiger partial charge in [0.05, 0.1) is 0 Å². The van der Waals surface area contributed by atoms with Crippen LogP contribution in [0.5, 0.6) is 0 Å². The number of rotatable bonds is 7. The van der Waals surface area contributed by atoms with Gasteiger partial charge in [-0.2, -0.15) is 11.8 Å². The Kier molecular flexibility index (Phi) is 13.9. The van der Waals surface area contributed by atoms with Crippen molar-refractivity contribution in [2.24, 2.45) is 4.99 Å². The SMILES string of the molecule is CCNC(=NCC(=O)NC(C)(C)C)NCCCSC.I. The molecule has 5 nitrogen and oxygen atoms in total. The van der Waals surface area contributed by atoms with Gasteiger partial charge in [-0.25, -0.2) is 4.99 Å². The van der Waals surface area contributed by atoms with Gasteiger partial charge in [-0.3, -0.25) is 4.79 Å². The van der Waals surface area contributed by atoms with Crippen LogP contribution in [0.1, 0.15) is 34.1 Å². The molecule has 0 aromatic rings. The normalized spacial score (nSPS) is 11.6. The Balaban J connectivity index is 0. The van der Waals surface area contributed by atoms with Crippen molar-refractivity contribution >= 4 is 47.6 Å². The monoisotopic (exact) mass is 416 g/mol. The lowest BCUT2D eigenvalue weighted by molar-refractivity contribution is -0.121. The maximum absolute atomic E-state index is 11.7. The molecule has 0 saturated heterocycles. The zero-order chi connectivity index (χ0) is 14.7. The first-order valence-corrected chi connectivity index (χ1v) is 8.10. The molecule has 3 N–H and O–H groups in total. The second kappa shape index (κ2) is 12.6. The number of thioether (sulfide) groups is 1. The fraction of sp³-hybridized carbons (Fsp3) is 0.846. The number of carbonyl (C=O) groups is 1. The van der Waals surface area contributed by atoms with E-state index >= 15 is 0 Å². The zero-order valence-electron chi connectivity index (χ0n) is 13.2. The largest absolute Gasteiger partial charge is 0.357 e. The van der Waals surface area contributed by atoms with Gasteiger partial charge < -0.3 is 16.0 Å². The molecule has 0 spiro atoms. The summed E-state index contributed by atoms with van der Waals surface area (Å²) in [6, 6.07) is 0. The predicted octanol–water partition coefficient (Wildman–Crippen LogP) is 1.83. The molecule has 0 aliphatic rings. The van der Waals surface area contributed by atoms with E-state index in [9.17, 15) is 4.79 Å². The summed E-state index contributed by atoms with van der Waals surface area (Å²) in [5, 5.41) is 9.24. The van der Waals surface area contributed by atoms with Crippen molar-refractivity contribution in [3.63, 3.8) is 0 Å². The Hall–Kier alpha value is -0.180. The molecule has 0 bridgehead atoms. The summed E-state index contributed by atoms with van der Waals surface area (Å²) >= 11 is 1.83. The molecule has 0 aliphatic heterocycles. The minimum atomic E-state index is -0.212. The van der Waals surface area contributed by atoms with Crippen molar-refractivity contribution in [2.75, 3.05) is 31.6 Å². The van der Waals surface area contributed by atoms with Gasteiger partial charge in [-0.1, -0.05) is 0 Å². The van der Waals surface area contributed by atoms with Crippen molar-refractivity contribution in [1.29, 1.82) is 0 Å². The first-order valence-electron chi connectivity index (χ1n) is 6.71. The highest BCUT2D eigenvalue weighted by atomic mass is 127. The third-order valence-corrected chi connectivity index (χ3v) is 2.75. The fourth-order valence-corrected chi connectivity index (χ4v) is 1.81. The average Bonchev–Trinajstić information content (AvgIpc) is 2.29. The van der Waals surface area contributed by atoms with E-state index in [2.05, 4.69) is 27.2 Å². The molecule has 0 aromatic heterocycles.